The third-order valence-electron chi connectivity index (χ3n) is 4.29. The van der Waals surface area contributed by atoms with Crippen LogP contribution < -0.4 is 5.32 Å². The zero-order chi connectivity index (χ0) is 19.6. The fourth-order valence-electron chi connectivity index (χ4n) is 3.16. The second-order valence-corrected chi connectivity index (χ2v) is 7.19. The lowest BCUT2D eigenvalue weighted by molar-refractivity contribution is -0.114. The van der Waals surface area contributed by atoms with Gasteiger partial charge in [-0.3, -0.25) is 14.4 Å². The SMILES string of the molecule is CCOC(=O)c1c(NC(C)=O)sc2c1CCCC(=O)c1ccccc1C2=O. The van der Waals surface area contributed by atoms with E-state index in [1.807, 2.05) is 0 Å². The molecule has 0 unspecified atom stereocenters. The number of ketones is 2. The number of nitrogens with one attached hydrogen (secondary N) is 1. The van der Waals surface area contributed by atoms with Crippen molar-refractivity contribution in [2.24, 2.45) is 0 Å². The summed E-state index contributed by atoms with van der Waals surface area (Å²) in [6.07, 6.45) is 1.15. The van der Waals surface area contributed by atoms with Gasteiger partial charge in [0.05, 0.1) is 17.0 Å². The molecule has 0 spiro atoms. The first-order valence-electron chi connectivity index (χ1n) is 8.71. The molecule has 1 aromatic heterocycles. The maximum atomic E-state index is 13.2. The third kappa shape index (κ3) is 3.68. The number of anilines is 1. The molecule has 1 heterocycles. The normalized spacial score (nSPS) is 13.7. The van der Waals surface area contributed by atoms with Crippen molar-refractivity contribution in [3.63, 3.8) is 0 Å². The van der Waals surface area contributed by atoms with E-state index >= 15 is 0 Å². The molecule has 0 radical (unpaired) electrons. The zero-order valence-electron chi connectivity index (χ0n) is 15.1. The molecular formula is C20H19NO5S. The Hall–Kier alpha value is -2.80. The second-order valence-electron chi connectivity index (χ2n) is 6.17. The number of ether oxygens (including phenoxy) is 1. The number of esters is 1. The standard InChI is InChI=1S/C20H19NO5S/c1-3-26-20(25)16-14-9-6-10-15(23)12-7-4-5-8-13(12)17(24)18(14)27-19(16)21-11(2)22/h4-5,7-8H,3,6,9-10H2,1-2H3,(H,21,22). The highest BCUT2D eigenvalue weighted by atomic mass is 32.1. The average molecular weight is 385 g/mol. The molecule has 0 saturated carbocycles. The zero-order valence-corrected chi connectivity index (χ0v) is 15.9. The Morgan fingerprint density at radius 3 is 2.52 bits per heavy atom. The summed E-state index contributed by atoms with van der Waals surface area (Å²) in [5, 5.41) is 2.95. The summed E-state index contributed by atoms with van der Waals surface area (Å²) in [6, 6.07) is 6.70. The van der Waals surface area contributed by atoms with Gasteiger partial charge in [-0.05, 0) is 25.3 Å². The number of hydrogen-bond donors (Lipinski definition) is 1. The molecule has 0 atom stereocenters. The fourth-order valence-corrected chi connectivity index (χ4v) is 4.40. The van der Waals surface area contributed by atoms with Crippen molar-refractivity contribution < 1.29 is 23.9 Å². The first-order valence-corrected chi connectivity index (χ1v) is 9.53. The van der Waals surface area contributed by atoms with Crippen LogP contribution in [0.4, 0.5) is 5.00 Å². The Bertz CT molecular complexity index is 944. The van der Waals surface area contributed by atoms with Gasteiger partial charge < -0.3 is 10.1 Å². The predicted octanol–water partition coefficient (Wildman–Crippen LogP) is 3.63. The summed E-state index contributed by atoms with van der Waals surface area (Å²) in [5.41, 5.74) is 1.46. The first kappa shape index (κ1) is 19.0. The van der Waals surface area contributed by atoms with Crippen molar-refractivity contribution >= 4 is 39.8 Å². The molecule has 1 amide bonds. The number of benzene rings is 1. The van der Waals surface area contributed by atoms with Gasteiger partial charge in [-0.2, -0.15) is 0 Å². The number of carbonyl (C=O) groups excluding carboxylic acids is 4. The van der Waals surface area contributed by atoms with Crippen LogP contribution in [0.15, 0.2) is 24.3 Å². The van der Waals surface area contributed by atoms with Crippen molar-refractivity contribution in [2.75, 3.05) is 11.9 Å². The van der Waals surface area contributed by atoms with Gasteiger partial charge in [0.2, 0.25) is 11.7 Å². The molecule has 1 N–H and O–H groups in total. The number of amides is 1. The molecule has 7 heteroatoms. The van der Waals surface area contributed by atoms with E-state index in [4.69, 9.17) is 4.74 Å². The van der Waals surface area contributed by atoms with Gasteiger partial charge in [0.25, 0.3) is 0 Å². The second kappa shape index (κ2) is 7.84. The highest BCUT2D eigenvalue weighted by Gasteiger charge is 2.31. The average Bonchev–Trinajstić information content (AvgIpc) is 2.99. The number of Topliss-reactive ketones (excluding diaryl/α,β-unsaturated/α-hetero) is 1. The maximum absolute atomic E-state index is 13.2. The molecular weight excluding hydrogens is 366 g/mol. The molecule has 0 saturated heterocycles. The largest absolute Gasteiger partial charge is 0.462 e. The van der Waals surface area contributed by atoms with Gasteiger partial charge in [0.15, 0.2) is 5.78 Å². The number of hydrogen-bond acceptors (Lipinski definition) is 6. The van der Waals surface area contributed by atoms with Crippen molar-refractivity contribution in [2.45, 2.75) is 33.1 Å². The van der Waals surface area contributed by atoms with E-state index < -0.39 is 5.97 Å². The van der Waals surface area contributed by atoms with Crippen LogP contribution in [0, 0.1) is 0 Å². The van der Waals surface area contributed by atoms with Crippen LogP contribution in [0.25, 0.3) is 0 Å². The molecule has 27 heavy (non-hydrogen) atoms. The topological polar surface area (TPSA) is 89.5 Å². The van der Waals surface area contributed by atoms with E-state index in [1.54, 1.807) is 31.2 Å². The molecule has 1 aliphatic carbocycles. The van der Waals surface area contributed by atoms with Crippen LogP contribution in [0.5, 0.6) is 0 Å². The van der Waals surface area contributed by atoms with Crippen LogP contribution in [0.2, 0.25) is 0 Å². The lowest BCUT2D eigenvalue weighted by Gasteiger charge is -2.07. The summed E-state index contributed by atoms with van der Waals surface area (Å²) in [5.74, 6) is -1.32. The minimum atomic E-state index is -0.578. The Labute approximate surface area is 160 Å². The van der Waals surface area contributed by atoms with Crippen LogP contribution in [-0.4, -0.2) is 30.0 Å². The van der Waals surface area contributed by atoms with Gasteiger partial charge >= 0.3 is 5.97 Å². The van der Waals surface area contributed by atoms with Gasteiger partial charge in [-0.25, -0.2) is 4.79 Å². The van der Waals surface area contributed by atoms with Crippen molar-refractivity contribution in [3.8, 4) is 0 Å². The fraction of sp³-hybridized carbons (Fsp3) is 0.300. The van der Waals surface area contributed by atoms with E-state index in [2.05, 4.69) is 5.32 Å². The highest BCUT2D eigenvalue weighted by molar-refractivity contribution is 7.19. The molecule has 2 aromatic rings. The quantitative estimate of drug-likeness (QED) is 0.815. The highest BCUT2D eigenvalue weighted by Crippen LogP contribution is 2.38. The Kier molecular flexibility index (Phi) is 5.51. The maximum Gasteiger partial charge on any atom is 0.341 e. The molecule has 0 fully saturated rings. The van der Waals surface area contributed by atoms with Crippen LogP contribution >= 0.6 is 11.3 Å². The molecule has 3 rings (SSSR count). The minimum Gasteiger partial charge on any atom is -0.462 e. The summed E-state index contributed by atoms with van der Waals surface area (Å²) in [7, 11) is 0. The first-order chi connectivity index (χ1) is 12.9. The molecule has 0 aliphatic heterocycles. The Morgan fingerprint density at radius 2 is 1.85 bits per heavy atom. The van der Waals surface area contributed by atoms with Crippen LogP contribution in [0.3, 0.4) is 0 Å². The summed E-state index contributed by atoms with van der Waals surface area (Å²) in [6.45, 7) is 3.21. The summed E-state index contributed by atoms with van der Waals surface area (Å²) in [4.78, 5) is 50.2. The number of thiophene rings is 1. The van der Waals surface area contributed by atoms with Gasteiger partial charge in [0.1, 0.15) is 5.00 Å². The van der Waals surface area contributed by atoms with Crippen LogP contribution in [-0.2, 0) is 16.0 Å². The third-order valence-corrected chi connectivity index (χ3v) is 5.43. The number of fused-ring (bicyclic) bond motifs is 2. The lowest BCUT2D eigenvalue weighted by atomic mass is 9.98. The van der Waals surface area contributed by atoms with E-state index in [9.17, 15) is 19.2 Å². The Morgan fingerprint density at radius 1 is 1.15 bits per heavy atom. The summed E-state index contributed by atoms with van der Waals surface area (Å²) >= 11 is 1.06. The molecule has 0 bridgehead atoms. The van der Waals surface area contributed by atoms with Crippen LogP contribution in [0.1, 0.15) is 68.2 Å². The van der Waals surface area contributed by atoms with Crippen molar-refractivity contribution in [3.05, 3.63) is 51.4 Å². The summed E-state index contributed by atoms with van der Waals surface area (Å²) < 4.78 is 5.14. The smallest absolute Gasteiger partial charge is 0.341 e. The van der Waals surface area contributed by atoms with Gasteiger partial charge in [-0.15, -0.1) is 11.3 Å². The van der Waals surface area contributed by atoms with E-state index in [1.165, 1.54) is 6.92 Å². The number of rotatable bonds is 3. The monoisotopic (exact) mass is 385 g/mol. The van der Waals surface area contributed by atoms with Crippen molar-refractivity contribution in [1.29, 1.82) is 0 Å². The lowest BCUT2D eigenvalue weighted by Crippen LogP contribution is -2.13. The van der Waals surface area contributed by atoms with Gasteiger partial charge in [-0.1, -0.05) is 24.3 Å². The molecule has 140 valence electrons. The minimum absolute atomic E-state index is 0.0890. The predicted molar refractivity (Wildman–Crippen MR) is 102 cm³/mol. The number of carbonyl (C=O) groups is 4. The Balaban J connectivity index is 2.21. The van der Waals surface area contributed by atoms with E-state index in [-0.39, 0.29) is 36.1 Å². The molecule has 1 aliphatic rings. The molecule has 1 aromatic carbocycles. The van der Waals surface area contributed by atoms with Crippen molar-refractivity contribution in [1.82, 2.24) is 0 Å². The van der Waals surface area contributed by atoms with Gasteiger partial charge in [0, 0.05) is 24.5 Å². The van der Waals surface area contributed by atoms with E-state index in [0.29, 0.717) is 39.4 Å². The van der Waals surface area contributed by atoms with E-state index in [0.717, 1.165) is 11.3 Å². The molecule has 6 nitrogen and oxygen atoms in total.